The van der Waals surface area contributed by atoms with Crippen LogP contribution in [-0.4, -0.2) is 34.2 Å². The fraction of sp³-hybridized carbons (Fsp3) is 0.292. The number of aryl methyl sites for hydroxylation is 3. The van der Waals surface area contributed by atoms with E-state index in [1.54, 1.807) is 24.3 Å². The topological polar surface area (TPSA) is 76.0 Å². The molecule has 0 saturated heterocycles. The second-order valence-corrected chi connectivity index (χ2v) is 7.38. The van der Waals surface area contributed by atoms with Crippen molar-refractivity contribution in [1.29, 1.82) is 0 Å². The lowest BCUT2D eigenvalue weighted by molar-refractivity contribution is -0.122. The van der Waals surface area contributed by atoms with Gasteiger partial charge in [0, 0.05) is 30.8 Å². The highest BCUT2D eigenvalue weighted by Crippen LogP contribution is 2.06. The summed E-state index contributed by atoms with van der Waals surface area (Å²) >= 11 is 0. The summed E-state index contributed by atoms with van der Waals surface area (Å²) in [5, 5.41) is 10.3. The zero-order valence-corrected chi connectivity index (χ0v) is 17.5. The third kappa shape index (κ3) is 6.04. The number of carbonyl (C=O) groups excluding carboxylic acids is 2. The summed E-state index contributed by atoms with van der Waals surface area (Å²) < 4.78 is 1.94. The molecule has 6 heteroatoms. The number of carbonyl (C=O) groups is 2. The van der Waals surface area contributed by atoms with E-state index in [4.69, 9.17) is 0 Å². The van der Waals surface area contributed by atoms with E-state index in [1.165, 1.54) is 0 Å². The van der Waals surface area contributed by atoms with Gasteiger partial charge in [-0.05, 0) is 44.0 Å². The first kappa shape index (κ1) is 21.3. The average Bonchev–Trinajstić information content (AvgIpc) is 3.08. The van der Waals surface area contributed by atoms with Crippen molar-refractivity contribution in [2.45, 2.75) is 39.3 Å². The van der Waals surface area contributed by atoms with Gasteiger partial charge in [0.2, 0.25) is 5.91 Å². The van der Waals surface area contributed by atoms with Crippen molar-refractivity contribution in [2.24, 2.45) is 0 Å². The molecule has 156 valence electrons. The molecule has 30 heavy (non-hydrogen) atoms. The molecule has 0 aliphatic carbocycles. The molecule has 0 fully saturated rings. The van der Waals surface area contributed by atoms with Gasteiger partial charge in [-0.15, -0.1) is 0 Å². The zero-order valence-electron chi connectivity index (χ0n) is 17.5. The van der Waals surface area contributed by atoms with Gasteiger partial charge in [-0.3, -0.25) is 14.3 Å². The second-order valence-electron chi connectivity index (χ2n) is 7.38. The van der Waals surface area contributed by atoms with E-state index < -0.39 is 6.04 Å². The molecule has 0 spiro atoms. The summed E-state index contributed by atoms with van der Waals surface area (Å²) in [4.78, 5) is 25.5. The van der Waals surface area contributed by atoms with Gasteiger partial charge in [0.1, 0.15) is 6.04 Å². The van der Waals surface area contributed by atoms with Crippen molar-refractivity contribution >= 4 is 11.8 Å². The summed E-state index contributed by atoms with van der Waals surface area (Å²) in [5.41, 5.74) is 3.63. The summed E-state index contributed by atoms with van der Waals surface area (Å²) in [5.74, 6) is -0.439. The molecule has 0 bridgehead atoms. The molecule has 2 aromatic carbocycles. The van der Waals surface area contributed by atoms with E-state index in [1.807, 2.05) is 61.0 Å². The van der Waals surface area contributed by atoms with Crippen LogP contribution in [0.15, 0.2) is 66.7 Å². The Labute approximate surface area is 177 Å². The Morgan fingerprint density at radius 2 is 1.67 bits per heavy atom. The van der Waals surface area contributed by atoms with Crippen LogP contribution in [0.25, 0.3) is 0 Å². The summed E-state index contributed by atoms with van der Waals surface area (Å²) in [6.07, 6.45) is 1.20. The minimum atomic E-state index is -0.645. The number of nitrogens with one attached hydrogen (secondary N) is 2. The van der Waals surface area contributed by atoms with Crippen molar-refractivity contribution < 1.29 is 9.59 Å². The van der Waals surface area contributed by atoms with E-state index >= 15 is 0 Å². The molecule has 0 radical (unpaired) electrons. The van der Waals surface area contributed by atoms with Crippen molar-refractivity contribution in [3.05, 3.63) is 89.2 Å². The molecule has 2 N–H and O–H groups in total. The zero-order chi connectivity index (χ0) is 21.3. The molecule has 1 heterocycles. The maximum atomic E-state index is 12.8. The van der Waals surface area contributed by atoms with Gasteiger partial charge in [0.25, 0.3) is 5.91 Å². The van der Waals surface area contributed by atoms with Crippen LogP contribution in [0.3, 0.4) is 0 Å². The first-order valence-corrected chi connectivity index (χ1v) is 10.2. The lowest BCUT2D eigenvalue weighted by Crippen LogP contribution is -2.48. The van der Waals surface area contributed by atoms with Crippen LogP contribution in [0.2, 0.25) is 0 Å². The number of amides is 2. The largest absolute Gasteiger partial charge is 0.354 e. The van der Waals surface area contributed by atoms with Crippen LogP contribution in [0, 0.1) is 13.8 Å². The van der Waals surface area contributed by atoms with Crippen LogP contribution in [-0.2, 0) is 17.8 Å². The Morgan fingerprint density at radius 3 is 2.30 bits per heavy atom. The third-order valence-electron chi connectivity index (χ3n) is 4.89. The number of nitrogens with zero attached hydrogens (tertiary/aromatic N) is 2. The molecule has 1 aromatic heterocycles. The minimum Gasteiger partial charge on any atom is -0.354 e. The van der Waals surface area contributed by atoms with Gasteiger partial charge in [-0.2, -0.15) is 5.10 Å². The molecule has 6 nitrogen and oxygen atoms in total. The molecule has 3 aromatic rings. The van der Waals surface area contributed by atoms with Crippen molar-refractivity contribution in [3.8, 4) is 0 Å². The van der Waals surface area contributed by atoms with Gasteiger partial charge in [0.15, 0.2) is 0 Å². The smallest absolute Gasteiger partial charge is 0.251 e. The molecule has 0 unspecified atom stereocenters. The standard InChI is InChI=1S/C24H28N4O2/c1-18-16-19(2)28(27-18)15-9-14-25-24(30)22(17-20-10-5-3-6-11-20)26-23(29)21-12-7-4-8-13-21/h3-8,10-13,16,22H,9,14-15,17H2,1-2H3,(H,25,30)(H,26,29)/t22-/m0/s1. The van der Waals surface area contributed by atoms with E-state index in [9.17, 15) is 9.59 Å². The maximum absolute atomic E-state index is 12.8. The Kier molecular flexibility index (Phi) is 7.38. The molecule has 2 amide bonds. The predicted molar refractivity (Wildman–Crippen MR) is 117 cm³/mol. The highest BCUT2D eigenvalue weighted by atomic mass is 16.2. The van der Waals surface area contributed by atoms with Crippen LogP contribution in [0.5, 0.6) is 0 Å². The fourth-order valence-corrected chi connectivity index (χ4v) is 3.36. The lowest BCUT2D eigenvalue weighted by Gasteiger charge is -2.19. The number of hydrogen-bond donors (Lipinski definition) is 2. The van der Waals surface area contributed by atoms with Gasteiger partial charge >= 0.3 is 0 Å². The molecule has 0 aliphatic rings. The Hall–Kier alpha value is -3.41. The van der Waals surface area contributed by atoms with E-state index in [0.717, 1.165) is 29.9 Å². The maximum Gasteiger partial charge on any atom is 0.251 e. The predicted octanol–water partition coefficient (Wildman–Crippen LogP) is 3.05. The molecule has 0 aliphatic heterocycles. The van der Waals surface area contributed by atoms with Crippen molar-refractivity contribution in [2.75, 3.05) is 6.54 Å². The Balaban J connectivity index is 1.59. The van der Waals surface area contributed by atoms with Crippen LogP contribution in [0.1, 0.15) is 33.7 Å². The van der Waals surface area contributed by atoms with Crippen molar-refractivity contribution in [3.63, 3.8) is 0 Å². The van der Waals surface area contributed by atoms with E-state index in [0.29, 0.717) is 18.5 Å². The molecule has 3 rings (SSSR count). The quantitative estimate of drug-likeness (QED) is 0.538. The summed E-state index contributed by atoms with van der Waals surface area (Å²) in [6, 6.07) is 20.0. The normalized spacial score (nSPS) is 11.7. The van der Waals surface area contributed by atoms with Crippen LogP contribution >= 0.6 is 0 Å². The SMILES string of the molecule is Cc1cc(C)n(CCCNC(=O)[C@H](Cc2ccccc2)NC(=O)c2ccccc2)n1. The van der Waals surface area contributed by atoms with Crippen LogP contribution < -0.4 is 10.6 Å². The highest BCUT2D eigenvalue weighted by molar-refractivity contribution is 5.97. The van der Waals surface area contributed by atoms with Crippen LogP contribution in [0.4, 0.5) is 0 Å². The minimum absolute atomic E-state index is 0.184. The Morgan fingerprint density at radius 1 is 1.00 bits per heavy atom. The number of rotatable bonds is 9. The Bertz CT molecular complexity index is 967. The van der Waals surface area contributed by atoms with Gasteiger partial charge < -0.3 is 10.6 Å². The first-order chi connectivity index (χ1) is 14.5. The summed E-state index contributed by atoms with van der Waals surface area (Å²) in [7, 11) is 0. The number of aromatic nitrogens is 2. The third-order valence-corrected chi connectivity index (χ3v) is 4.89. The second kappa shape index (κ2) is 10.4. The van der Waals surface area contributed by atoms with Gasteiger partial charge in [0.05, 0.1) is 5.69 Å². The summed E-state index contributed by atoms with van der Waals surface area (Å²) in [6.45, 7) is 5.24. The molecule has 0 saturated carbocycles. The van der Waals surface area contributed by atoms with Gasteiger partial charge in [-0.1, -0.05) is 48.5 Å². The highest BCUT2D eigenvalue weighted by Gasteiger charge is 2.21. The van der Waals surface area contributed by atoms with E-state index in [2.05, 4.69) is 15.7 Å². The first-order valence-electron chi connectivity index (χ1n) is 10.2. The molecular formula is C24H28N4O2. The van der Waals surface area contributed by atoms with Crippen molar-refractivity contribution in [1.82, 2.24) is 20.4 Å². The fourth-order valence-electron chi connectivity index (χ4n) is 3.36. The van der Waals surface area contributed by atoms with Gasteiger partial charge in [-0.25, -0.2) is 0 Å². The molecule has 1 atom stereocenters. The van der Waals surface area contributed by atoms with E-state index in [-0.39, 0.29) is 11.8 Å². The number of benzene rings is 2. The monoisotopic (exact) mass is 404 g/mol. The average molecular weight is 405 g/mol. The lowest BCUT2D eigenvalue weighted by atomic mass is 10.0. The number of hydrogen-bond acceptors (Lipinski definition) is 3. The molecular weight excluding hydrogens is 376 g/mol.